The molecule has 0 radical (unpaired) electrons. The van der Waals surface area contributed by atoms with E-state index < -0.39 is 0 Å². The minimum atomic E-state index is 0.952. The zero-order chi connectivity index (χ0) is 13.1. The summed E-state index contributed by atoms with van der Waals surface area (Å²) >= 11 is 0. The van der Waals surface area contributed by atoms with Crippen LogP contribution in [-0.2, 0) is 0 Å². The first-order valence-electron chi connectivity index (χ1n) is 7.67. The maximum Gasteiger partial charge on any atom is 0.000744 e. The third-order valence-corrected chi connectivity index (χ3v) is 3.64. The van der Waals surface area contributed by atoms with Crippen molar-refractivity contribution in [3.63, 3.8) is 0 Å². The molecule has 0 aliphatic carbocycles. The van der Waals surface area contributed by atoms with Crippen molar-refractivity contribution in [2.24, 2.45) is 5.92 Å². The third-order valence-electron chi connectivity index (χ3n) is 3.64. The Hall–Kier alpha value is -0.0800. The van der Waals surface area contributed by atoms with Crippen LogP contribution in [0.5, 0.6) is 0 Å². The van der Waals surface area contributed by atoms with E-state index in [9.17, 15) is 0 Å². The van der Waals surface area contributed by atoms with Gasteiger partial charge in [-0.05, 0) is 58.4 Å². The van der Waals surface area contributed by atoms with Crippen LogP contribution in [0, 0.1) is 5.92 Å². The summed E-state index contributed by atoms with van der Waals surface area (Å²) < 4.78 is 0. The highest BCUT2D eigenvalue weighted by molar-refractivity contribution is 4.73. The zero-order valence-corrected chi connectivity index (χ0v) is 12.8. The molecule has 17 heavy (non-hydrogen) atoms. The SMILES string of the molecule is CC.CCCCN1CCC(CN(C)CC)CC1. The Morgan fingerprint density at radius 2 is 1.71 bits per heavy atom. The van der Waals surface area contributed by atoms with Gasteiger partial charge in [-0.1, -0.05) is 34.1 Å². The van der Waals surface area contributed by atoms with E-state index in [1.54, 1.807) is 0 Å². The van der Waals surface area contributed by atoms with Gasteiger partial charge in [0.15, 0.2) is 0 Å². The fourth-order valence-electron chi connectivity index (χ4n) is 2.34. The van der Waals surface area contributed by atoms with Crippen LogP contribution in [0.4, 0.5) is 0 Å². The van der Waals surface area contributed by atoms with Gasteiger partial charge >= 0.3 is 0 Å². The maximum atomic E-state index is 2.64. The van der Waals surface area contributed by atoms with Crippen molar-refractivity contribution in [1.29, 1.82) is 0 Å². The zero-order valence-electron chi connectivity index (χ0n) is 12.8. The molecule has 1 rings (SSSR count). The van der Waals surface area contributed by atoms with Gasteiger partial charge in [0, 0.05) is 6.54 Å². The molecule has 0 atom stereocenters. The molecule has 0 aromatic rings. The fourth-order valence-corrected chi connectivity index (χ4v) is 2.34. The van der Waals surface area contributed by atoms with Gasteiger partial charge in [-0.15, -0.1) is 0 Å². The molecule has 1 aliphatic rings. The number of hydrogen-bond donors (Lipinski definition) is 0. The summed E-state index contributed by atoms with van der Waals surface area (Å²) in [5.41, 5.74) is 0. The van der Waals surface area contributed by atoms with Crippen molar-refractivity contribution >= 4 is 0 Å². The van der Waals surface area contributed by atoms with Gasteiger partial charge in [-0.2, -0.15) is 0 Å². The third kappa shape index (κ3) is 7.77. The molecule has 1 heterocycles. The van der Waals surface area contributed by atoms with Crippen molar-refractivity contribution in [1.82, 2.24) is 9.80 Å². The second-order valence-corrected chi connectivity index (χ2v) is 4.99. The Balaban J connectivity index is 0.00000121. The molecule has 0 N–H and O–H groups in total. The first kappa shape index (κ1) is 16.9. The average Bonchev–Trinajstić information content (AvgIpc) is 2.40. The lowest BCUT2D eigenvalue weighted by Gasteiger charge is -2.33. The molecule has 0 unspecified atom stereocenters. The molecule has 0 aromatic carbocycles. The van der Waals surface area contributed by atoms with Crippen molar-refractivity contribution in [2.45, 2.75) is 53.4 Å². The van der Waals surface area contributed by atoms with E-state index in [4.69, 9.17) is 0 Å². The van der Waals surface area contributed by atoms with Gasteiger partial charge in [0.2, 0.25) is 0 Å². The van der Waals surface area contributed by atoms with Gasteiger partial charge in [0.1, 0.15) is 0 Å². The topological polar surface area (TPSA) is 6.48 Å². The molecule has 2 heteroatoms. The highest BCUT2D eigenvalue weighted by Crippen LogP contribution is 2.18. The van der Waals surface area contributed by atoms with E-state index in [1.165, 1.54) is 58.4 Å². The van der Waals surface area contributed by atoms with Crippen molar-refractivity contribution < 1.29 is 0 Å². The molecule has 0 spiro atoms. The van der Waals surface area contributed by atoms with E-state index in [2.05, 4.69) is 30.7 Å². The summed E-state index contributed by atoms with van der Waals surface area (Å²) in [6.07, 6.45) is 5.53. The quantitative estimate of drug-likeness (QED) is 0.703. The number of rotatable bonds is 6. The maximum absolute atomic E-state index is 2.64. The molecule has 1 fully saturated rings. The van der Waals surface area contributed by atoms with Crippen LogP contribution in [0.3, 0.4) is 0 Å². The van der Waals surface area contributed by atoms with Crippen LogP contribution in [0.1, 0.15) is 53.4 Å². The summed E-state index contributed by atoms with van der Waals surface area (Å²) in [7, 11) is 2.24. The van der Waals surface area contributed by atoms with Crippen molar-refractivity contribution in [2.75, 3.05) is 39.8 Å². The molecule has 0 bridgehead atoms. The second-order valence-electron chi connectivity index (χ2n) is 4.99. The van der Waals surface area contributed by atoms with Crippen LogP contribution >= 0.6 is 0 Å². The first-order valence-corrected chi connectivity index (χ1v) is 7.67. The predicted octanol–water partition coefficient (Wildman–Crippen LogP) is 3.48. The van der Waals surface area contributed by atoms with Crippen LogP contribution in [-0.4, -0.2) is 49.6 Å². The first-order chi connectivity index (χ1) is 8.26. The molecule has 1 saturated heterocycles. The molecule has 0 aromatic heterocycles. The van der Waals surface area contributed by atoms with Gasteiger partial charge in [-0.25, -0.2) is 0 Å². The van der Waals surface area contributed by atoms with E-state index >= 15 is 0 Å². The molecular weight excluding hydrogens is 208 g/mol. The summed E-state index contributed by atoms with van der Waals surface area (Å²) in [5.74, 6) is 0.952. The molecule has 104 valence electrons. The Morgan fingerprint density at radius 1 is 1.12 bits per heavy atom. The summed E-state index contributed by atoms with van der Waals surface area (Å²) in [4.78, 5) is 5.10. The van der Waals surface area contributed by atoms with E-state index in [1.807, 2.05) is 13.8 Å². The largest absolute Gasteiger partial charge is 0.306 e. The molecule has 1 aliphatic heterocycles. The van der Waals surface area contributed by atoms with Crippen LogP contribution in [0.25, 0.3) is 0 Å². The van der Waals surface area contributed by atoms with Gasteiger partial charge < -0.3 is 9.80 Å². The number of hydrogen-bond acceptors (Lipinski definition) is 2. The standard InChI is InChI=1S/C13H28N2.C2H6/c1-4-6-9-15-10-7-13(8-11-15)12-14(3)5-2;1-2/h13H,4-12H2,1-3H3;1-2H3. The lowest BCUT2D eigenvalue weighted by molar-refractivity contribution is 0.155. The minimum absolute atomic E-state index is 0.952. The number of nitrogens with zero attached hydrogens (tertiary/aromatic N) is 2. The molecule has 2 nitrogen and oxygen atoms in total. The lowest BCUT2D eigenvalue weighted by Crippen LogP contribution is -2.38. The summed E-state index contributed by atoms with van der Waals surface area (Å²) in [5, 5.41) is 0. The summed E-state index contributed by atoms with van der Waals surface area (Å²) in [6.45, 7) is 15.0. The Morgan fingerprint density at radius 3 is 2.18 bits per heavy atom. The highest BCUT2D eigenvalue weighted by Gasteiger charge is 2.19. The van der Waals surface area contributed by atoms with Crippen LogP contribution in [0.15, 0.2) is 0 Å². The van der Waals surface area contributed by atoms with Crippen molar-refractivity contribution in [3.05, 3.63) is 0 Å². The number of piperidine rings is 1. The van der Waals surface area contributed by atoms with Crippen LogP contribution < -0.4 is 0 Å². The lowest BCUT2D eigenvalue weighted by atomic mass is 9.96. The fraction of sp³-hybridized carbons (Fsp3) is 1.00. The van der Waals surface area contributed by atoms with E-state index in [-0.39, 0.29) is 0 Å². The van der Waals surface area contributed by atoms with Crippen molar-refractivity contribution in [3.8, 4) is 0 Å². The van der Waals surface area contributed by atoms with Gasteiger partial charge in [0.05, 0.1) is 0 Å². The molecule has 0 amide bonds. The molecular formula is C15H34N2. The normalized spacial score (nSPS) is 18.0. The minimum Gasteiger partial charge on any atom is -0.306 e. The summed E-state index contributed by atoms with van der Waals surface area (Å²) in [6, 6.07) is 0. The smallest absolute Gasteiger partial charge is 0.000744 e. The predicted molar refractivity (Wildman–Crippen MR) is 78.6 cm³/mol. The monoisotopic (exact) mass is 242 g/mol. The average molecular weight is 242 g/mol. The number of likely N-dealkylation sites (tertiary alicyclic amines) is 1. The Labute approximate surface area is 109 Å². The van der Waals surface area contributed by atoms with E-state index in [0.29, 0.717) is 0 Å². The Kier molecular flexibility index (Phi) is 11.0. The van der Waals surface area contributed by atoms with Gasteiger partial charge in [-0.3, -0.25) is 0 Å². The number of unbranched alkanes of at least 4 members (excludes halogenated alkanes) is 1. The molecule has 0 saturated carbocycles. The highest BCUT2D eigenvalue weighted by atomic mass is 15.1. The van der Waals surface area contributed by atoms with Crippen LogP contribution in [0.2, 0.25) is 0 Å². The van der Waals surface area contributed by atoms with Gasteiger partial charge in [0.25, 0.3) is 0 Å². The Bertz CT molecular complexity index is 151. The van der Waals surface area contributed by atoms with E-state index in [0.717, 1.165) is 5.92 Å². The second kappa shape index (κ2) is 11.0.